The lowest BCUT2D eigenvalue weighted by Gasteiger charge is -2.09. The molecule has 3 aromatic rings. The first kappa shape index (κ1) is 14.7. The highest BCUT2D eigenvalue weighted by molar-refractivity contribution is 7.15. The fourth-order valence-electron chi connectivity index (χ4n) is 2.05. The number of rotatable bonds is 4. The first-order valence-electron chi connectivity index (χ1n) is 6.37. The summed E-state index contributed by atoms with van der Waals surface area (Å²) in [6.45, 7) is 1.95. The van der Waals surface area contributed by atoms with Gasteiger partial charge in [0.1, 0.15) is 5.75 Å². The molecule has 0 bridgehead atoms. The van der Waals surface area contributed by atoms with Crippen molar-refractivity contribution in [3.63, 3.8) is 0 Å². The van der Waals surface area contributed by atoms with Crippen molar-refractivity contribution in [1.29, 1.82) is 0 Å². The van der Waals surface area contributed by atoms with Gasteiger partial charge in [-0.3, -0.25) is 4.40 Å². The predicted molar refractivity (Wildman–Crippen MR) is 87.0 cm³/mol. The quantitative estimate of drug-likeness (QED) is 0.765. The SMILES string of the molecule is CC(N)Cc1c(Oc2ccc(Cl)cc2Cl)nc2sccn12. The number of thiazole rings is 1. The van der Waals surface area contributed by atoms with Crippen LogP contribution in [0.1, 0.15) is 12.6 Å². The van der Waals surface area contributed by atoms with Crippen molar-refractivity contribution in [1.82, 2.24) is 9.38 Å². The average Bonchev–Trinajstić information content (AvgIpc) is 2.96. The number of fused-ring (bicyclic) bond motifs is 1. The van der Waals surface area contributed by atoms with Crippen molar-refractivity contribution in [3.05, 3.63) is 45.5 Å². The van der Waals surface area contributed by atoms with E-state index in [0.29, 0.717) is 28.1 Å². The number of halogens is 2. The zero-order valence-electron chi connectivity index (χ0n) is 11.2. The molecule has 0 radical (unpaired) electrons. The molecule has 1 atom stereocenters. The van der Waals surface area contributed by atoms with Gasteiger partial charge in [0.05, 0.1) is 10.7 Å². The Labute approximate surface area is 136 Å². The van der Waals surface area contributed by atoms with Crippen LogP contribution in [0, 0.1) is 0 Å². The smallest absolute Gasteiger partial charge is 0.242 e. The summed E-state index contributed by atoms with van der Waals surface area (Å²) in [5, 5.41) is 2.99. The Hall–Kier alpha value is -1.27. The Morgan fingerprint density at radius 1 is 1.43 bits per heavy atom. The Balaban J connectivity index is 2.01. The van der Waals surface area contributed by atoms with E-state index in [2.05, 4.69) is 4.98 Å². The monoisotopic (exact) mass is 341 g/mol. The van der Waals surface area contributed by atoms with E-state index < -0.39 is 0 Å². The van der Waals surface area contributed by atoms with Crippen LogP contribution in [0.4, 0.5) is 0 Å². The van der Waals surface area contributed by atoms with Gasteiger partial charge in [0.25, 0.3) is 0 Å². The Bertz CT molecular complexity index is 782. The molecule has 4 nitrogen and oxygen atoms in total. The van der Waals surface area contributed by atoms with E-state index in [9.17, 15) is 0 Å². The van der Waals surface area contributed by atoms with Crippen LogP contribution in [0.25, 0.3) is 4.96 Å². The topological polar surface area (TPSA) is 52.5 Å². The third kappa shape index (κ3) is 3.01. The van der Waals surface area contributed by atoms with E-state index in [0.717, 1.165) is 10.7 Å². The summed E-state index contributed by atoms with van der Waals surface area (Å²) in [7, 11) is 0. The molecule has 3 rings (SSSR count). The van der Waals surface area contributed by atoms with Gasteiger partial charge in [-0.05, 0) is 25.1 Å². The molecule has 1 unspecified atom stereocenters. The number of ether oxygens (including phenoxy) is 1. The largest absolute Gasteiger partial charge is 0.436 e. The summed E-state index contributed by atoms with van der Waals surface area (Å²) >= 11 is 13.6. The molecule has 21 heavy (non-hydrogen) atoms. The van der Waals surface area contributed by atoms with Crippen LogP contribution in [0.5, 0.6) is 11.6 Å². The van der Waals surface area contributed by atoms with E-state index in [1.165, 1.54) is 0 Å². The Kier molecular flexibility index (Phi) is 4.08. The van der Waals surface area contributed by atoms with Gasteiger partial charge in [0.2, 0.25) is 5.88 Å². The van der Waals surface area contributed by atoms with Crippen LogP contribution in [0.15, 0.2) is 29.8 Å². The maximum Gasteiger partial charge on any atom is 0.242 e. The van der Waals surface area contributed by atoms with Gasteiger partial charge in [-0.2, -0.15) is 4.98 Å². The Morgan fingerprint density at radius 3 is 2.95 bits per heavy atom. The van der Waals surface area contributed by atoms with Gasteiger partial charge in [-0.25, -0.2) is 0 Å². The van der Waals surface area contributed by atoms with Gasteiger partial charge in [-0.1, -0.05) is 23.2 Å². The lowest BCUT2D eigenvalue weighted by atomic mass is 10.2. The summed E-state index contributed by atoms with van der Waals surface area (Å²) in [4.78, 5) is 5.36. The molecule has 0 saturated heterocycles. The molecule has 0 amide bonds. The Morgan fingerprint density at radius 2 is 2.24 bits per heavy atom. The predicted octanol–water partition coefficient (Wildman–Crippen LogP) is 4.38. The second-order valence-electron chi connectivity index (χ2n) is 4.78. The highest BCUT2D eigenvalue weighted by Gasteiger charge is 2.17. The van der Waals surface area contributed by atoms with Crippen LogP contribution in [-0.2, 0) is 6.42 Å². The van der Waals surface area contributed by atoms with Crippen molar-refractivity contribution in [2.24, 2.45) is 5.73 Å². The number of nitrogens with two attached hydrogens (primary N) is 1. The van der Waals surface area contributed by atoms with E-state index >= 15 is 0 Å². The second kappa shape index (κ2) is 5.85. The molecular weight excluding hydrogens is 329 g/mol. The fourth-order valence-corrected chi connectivity index (χ4v) is 3.22. The molecule has 0 aliphatic heterocycles. The summed E-state index contributed by atoms with van der Waals surface area (Å²) < 4.78 is 7.86. The number of benzene rings is 1. The van der Waals surface area contributed by atoms with Crippen molar-refractivity contribution in [2.75, 3.05) is 0 Å². The molecule has 0 aliphatic carbocycles. The standard InChI is InChI=1S/C14H13Cl2N3OS/c1-8(17)6-11-13(18-14-19(11)4-5-21-14)20-12-3-2-9(15)7-10(12)16/h2-5,7-8H,6,17H2,1H3. The zero-order chi connectivity index (χ0) is 15.0. The summed E-state index contributed by atoms with van der Waals surface area (Å²) in [5.74, 6) is 1.06. The second-order valence-corrected chi connectivity index (χ2v) is 6.49. The summed E-state index contributed by atoms with van der Waals surface area (Å²) in [6, 6.07) is 5.11. The first-order chi connectivity index (χ1) is 10.0. The maximum atomic E-state index is 6.14. The molecule has 0 saturated carbocycles. The maximum absolute atomic E-state index is 6.14. The fraction of sp³-hybridized carbons (Fsp3) is 0.214. The van der Waals surface area contributed by atoms with Crippen molar-refractivity contribution in [2.45, 2.75) is 19.4 Å². The highest BCUT2D eigenvalue weighted by atomic mass is 35.5. The normalized spacial score (nSPS) is 12.8. The van der Waals surface area contributed by atoms with Gasteiger partial charge in [0.15, 0.2) is 4.96 Å². The molecule has 0 spiro atoms. The molecule has 7 heteroatoms. The molecular formula is C14H13Cl2N3OS. The third-order valence-corrected chi connectivity index (χ3v) is 4.23. The number of hydrogen-bond donors (Lipinski definition) is 1. The van der Waals surface area contributed by atoms with Crippen LogP contribution < -0.4 is 10.5 Å². The van der Waals surface area contributed by atoms with Gasteiger partial charge >= 0.3 is 0 Å². The summed E-state index contributed by atoms with van der Waals surface area (Å²) in [5.41, 5.74) is 6.86. The molecule has 110 valence electrons. The van der Waals surface area contributed by atoms with E-state index in [-0.39, 0.29) is 6.04 Å². The molecule has 2 N–H and O–H groups in total. The van der Waals surface area contributed by atoms with E-state index in [1.54, 1.807) is 29.5 Å². The van der Waals surface area contributed by atoms with Crippen molar-refractivity contribution >= 4 is 39.5 Å². The lowest BCUT2D eigenvalue weighted by Crippen LogP contribution is -2.19. The number of nitrogens with zero attached hydrogens (tertiary/aromatic N) is 2. The van der Waals surface area contributed by atoms with Gasteiger partial charge < -0.3 is 10.5 Å². The zero-order valence-corrected chi connectivity index (χ0v) is 13.5. The third-order valence-electron chi connectivity index (χ3n) is 2.94. The van der Waals surface area contributed by atoms with Gasteiger partial charge in [-0.15, -0.1) is 11.3 Å². The lowest BCUT2D eigenvalue weighted by molar-refractivity contribution is 0.457. The molecule has 0 aliphatic rings. The number of hydrogen-bond acceptors (Lipinski definition) is 4. The minimum absolute atomic E-state index is 0.00726. The van der Waals surface area contributed by atoms with Crippen LogP contribution in [-0.4, -0.2) is 15.4 Å². The highest BCUT2D eigenvalue weighted by Crippen LogP contribution is 2.34. The number of imidazole rings is 1. The van der Waals surface area contributed by atoms with Crippen LogP contribution in [0.3, 0.4) is 0 Å². The molecule has 1 aromatic carbocycles. The molecule has 2 heterocycles. The minimum atomic E-state index is 0.00726. The molecule has 0 fully saturated rings. The minimum Gasteiger partial charge on any atom is -0.436 e. The van der Waals surface area contributed by atoms with E-state index in [4.69, 9.17) is 33.7 Å². The van der Waals surface area contributed by atoms with Crippen molar-refractivity contribution in [3.8, 4) is 11.6 Å². The first-order valence-corrected chi connectivity index (χ1v) is 8.01. The average molecular weight is 342 g/mol. The van der Waals surface area contributed by atoms with Crippen molar-refractivity contribution < 1.29 is 4.74 Å². The van der Waals surface area contributed by atoms with Crippen LogP contribution in [0.2, 0.25) is 10.0 Å². The molecule has 2 aromatic heterocycles. The van der Waals surface area contributed by atoms with Gasteiger partial charge in [0, 0.05) is 29.1 Å². The van der Waals surface area contributed by atoms with Crippen LogP contribution >= 0.6 is 34.5 Å². The summed E-state index contributed by atoms with van der Waals surface area (Å²) in [6.07, 6.45) is 2.62. The van der Waals surface area contributed by atoms with E-state index in [1.807, 2.05) is 22.9 Å². The number of aromatic nitrogens is 2.